The van der Waals surface area contributed by atoms with Gasteiger partial charge in [0.2, 0.25) is 0 Å². The van der Waals surface area contributed by atoms with Gasteiger partial charge < -0.3 is 10.5 Å². The van der Waals surface area contributed by atoms with E-state index in [4.69, 9.17) is 22.1 Å². The van der Waals surface area contributed by atoms with Gasteiger partial charge in [-0.15, -0.1) is 0 Å². The fourth-order valence-corrected chi connectivity index (χ4v) is 1.57. The number of methoxy groups -OCH3 is 1. The Balaban J connectivity index is 2.47. The Morgan fingerprint density at radius 2 is 2.20 bits per heavy atom. The van der Waals surface area contributed by atoms with Crippen LogP contribution >= 0.6 is 11.6 Å². The summed E-state index contributed by atoms with van der Waals surface area (Å²) in [6.07, 6.45) is 1.63. The molecule has 1 heterocycles. The summed E-state index contributed by atoms with van der Waals surface area (Å²) in [4.78, 5) is 0. The topological polar surface area (TPSA) is 53.1 Å². The van der Waals surface area contributed by atoms with Crippen LogP contribution in [0.25, 0.3) is 5.69 Å². The highest BCUT2D eigenvalue weighted by Gasteiger charge is 2.05. The molecule has 2 aromatic rings. The van der Waals surface area contributed by atoms with E-state index in [-0.39, 0.29) is 0 Å². The van der Waals surface area contributed by atoms with Crippen molar-refractivity contribution < 1.29 is 4.74 Å². The lowest BCUT2D eigenvalue weighted by Crippen LogP contribution is -2.01. The molecule has 0 amide bonds. The van der Waals surface area contributed by atoms with Crippen LogP contribution in [0.15, 0.2) is 30.5 Å². The SMILES string of the molecule is COc1ccc(-n2nccc2N)cc1Cl. The average molecular weight is 224 g/mol. The summed E-state index contributed by atoms with van der Waals surface area (Å²) >= 11 is 5.99. The zero-order chi connectivity index (χ0) is 10.8. The standard InChI is InChI=1S/C10H10ClN3O/c1-15-9-3-2-7(6-8(9)11)14-10(12)4-5-13-14/h2-6H,12H2,1H3. The Hall–Kier alpha value is -1.68. The minimum atomic E-state index is 0.532. The minimum absolute atomic E-state index is 0.532. The zero-order valence-corrected chi connectivity index (χ0v) is 8.90. The van der Waals surface area contributed by atoms with Crippen molar-refractivity contribution in [3.05, 3.63) is 35.5 Å². The van der Waals surface area contributed by atoms with E-state index in [2.05, 4.69) is 5.10 Å². The molecule has 4 nitrogen and oxygen atoms in total. The fraction of sp³-hybridized carbons (Fsp3) is 0.100. The molecule has 78 valence electrons. The number of aromatic nitrogens is 2. The van der Waals surface area contributed by atoms with Crippen molar-refractivity contribution in [1.82, 2.24) is 9.78 Å². The second-order valence-corrected chi connectivity index (χ2v) is 3.39. The predicted molar refractivity (Wildman–Crippen MR) is 59.5 cm³/mol. The van der Waals surface area contributed by atoms with E-state index < -0.39 is 0 Å². The zero-order valence-electron chi connectivity index (χ0n) is 8.14. The van der Waals surface area contributed by atoms with Gasteiger partial charge in [0, 0.05) is 6.07 Å². The van der Waals surface area contributed by atoms with Crippen molar-refractivity contribution in [1.29, 1.82) is 0 Å². The summed E-state index contributed by atoms with van der Waals surface area (Å²) in [6.45, 7) is 0. The van der Waals surface area contributed by atoms with Crippen LogP contribution < -0.4 is 10.5 Å². The quantitative estimate of drug-likeness (QED) is 0.849. The highest BCUT2D eigenvalue weighted by Crippen LogP contribution is 2.26. The molecule has 0 bridgehead atoms. The molecular formula is C10H10ClN3O. The third kappa shape index (κ3) is 1.76. The maximum absolute atomic E-state index is 5.99. The number of anilines is 1. The van der Waals surface area contributed by atoms with Gasteiger partial charge in [0.1, 0.15) is 11.6 Å². The Kier molecular flexibility index (Phi) is 2.51. The average Bonchev–Trinajstić information content (AvgIpc) is 2.64. The maximum Gasteiger partial charge on any atom is 0.137 e. The summed E-state index contributed by atoms with van der Waals surface area (Å²) < 4.78 is 6.66. The smallest absolute Gasteiger partial charge is 0.137 e. The van der Waals surface area contributed by atoms with Gasteiger partial charge in [-0.25, -0.2) is 4.68 Å². The van der Waals surface area contributed by atoms with E-state index in [1.54, 1.807) is 36.2 Å². The van der Waals surface area contributed by atoms with E-state index >= 15 is 0 Å². The molecule has 0 aliphatic carbocycles. The molecule has 0 atom stereocenters. The first-order valence-corrected chi connectivity index (χ1v) is 4.73. The van der Waals surface area contributed by atoms with Gasteiger partial charge in [0.15, 0.2) is 0 Å². The van der Waals surface area contributed by atoms with Crippen LogP contribution in [0.5, 0.6) is 5.75 Å². The van der Waals surface area contributed by atoms with Gasteiger partial charge in [0.25, 0.3) is 0 Å². The number of halogens is 1. The Bertz CT molecular complexity index is 481. The molecule has 15 heavy (non-hydrogen) atoms. The second-order valence-electron chi connectivity index (χ2n) is 2.99. The van der Waals surface area contributed by atoms with E-state index in [9.17, 15) is 0 Å². The molecule has 1 aromatic heterocycles. The van der Waals surface area contributed by atoms with Crippen LogP contribution in [0.4, 0.5) is 5.82 Å². The maximum atomic E-state index is 5.99. The molecule has 0 radical (unpaired) electrons. The first kappa shape index (κ1) is 9.86. The third-order valence-electron chi connectivity index (χ3n) is 2.05. The summed E-state index contributed by atoms with van der Waals surface area (Å²) in [5.74, 6) is 1.20. The van der Waals surface area contributed by atoms with Gasteiger partial charge in [-0.2, -0.15) is 5.10 Å². The molecule has 0 aliphatic heterocycles. The number of hydrogen-bond donors (Lipinski definition) is 1. The number of benzene rings is 1. The molecule has 1 aromatic carbocycles. The van der Waals surface area contributed by atoms with Crippen LogP contribution in [0.3, 0.4) is 0 Å². The lowest BCUT2D eigenvalue weighted by molar-refractivity contribution is 0.415. The highest BCUT2D eigenvalue weighted by atomic mass is 35.5. The molecule has 0 aliphatic rings. The molecular weight excluding hydrogens is 214 g/mol. The molecule has 2 rings (SSSR count). The molecule has 5 heteroatoms. The summed E-state index contributed by atoms with van der Waals surface area (Å²) in [7, 11) is 1.57. The number of hydrogen-bond acceptors (Lipinski definition) is 3. The van der Waals surface area contributed by atoms with Crippen molar-refractivity contribution >= 4 is 17.4 Å². The monoisotopic (exact) mass is 223 g/mol. The predicted octanol–water partition coefficient (Wildman–Crippen LogP) is 2.12. The Morgan fingerprint density at radius 1 is 1.40 bits per heavy atom. The van der Waals surface area contributed by atoms with E-state index in [1.165, 1.54) is 0 Å². The van der Waals surface area contributed by atoms with Crippen molar-refractivity contribution in [2.75, 3.05) is 12.8 Å². The second kappa shape index (κ2) is 3.82. The van der Waals surface area contributed by atoms with Crippen molar-refractivity contribution in [2.24, 2.45) is 0 Å². The number of nitrogen functional groups attached to an aromatic ring is 1. The van der Waals surface area contributed by atoms with Crippen LogP contribution in [0.2, 0.25) is 5.02 Å². The molecule has 0 saturated carbocycles. The van der Waals surface area contributed by atoms with Crippen LogP contribution in [0.1, 0.15) is 0 Å². The normalized spacial score (nSPS) is 10.3. The fourth-order valence-electron chi connectivity index (χ4n) is 1.32. The van der Waals surface area contributed by atoms with E-state index in [0.717, 1.165) is 5.69 Å². The Morgan fingerprint density at radius 3 is 2.73 bits per heavy atom. The van der Waals surface area contributed by atoms with E-state index in [0.29, 0.717) is 16.6 Å². The number of nitrogens with zero attached hydrogens (tertiary/aromatic N) is 2. The number of nitrogens with two attached hydrogens (primary N) is 1. The lowest BCUT2D eigenvalue weighted by Gasteiger charge is -2.07. The molecule has 0 unspecified atom stereocenters. The first-order chi connectivity index (χ1) is 7.22. The van der Waals surface area contributed by atoms with Gasteiger partial charge in [-0.3, -0.25) is 0 Å². The van der Waals surface area contributed by atoms with Crippen LogP contribution in [-0.2, 0) is 0 Å². The van der Waals surface area contributed by atoms with Crippen molar-refractivity contribution in [3.8, 4) is 11.4 Å². The Labute approximate surface area is 92.2 Å². The van der Waals surface area contributed by atoms with Gasteiger partial charge >= 0.3 is 0 Å². The van der Waals surface area contributed by atoms with Crippen LogP contribution in [0, 0.1) is 0 Å². The lowest BCUT2D eigenvalue weighted by atomic mass is 10.3. The number of rotatable bonds is 2. The minimum Gasteiger partial charge on any atom is -0.495 e. The van der Waals surface area contributed by atoms with Crippen molar-refractivity contribution in [2.45, 2.75) is 0 Å². The third-order valence-corrected chi connectivity index (χ3v) is 2.35. The summed E-state index contributed by atoms with van der Waals surface area (Å²) in [6, 6.07) is 7.09. The molecule has 0 saturated heterocycles. The van der Waals surface area contributed by atoms with Gasteiger partial charge in [-0.05, 0) is 18.2 Å². The largest absolute Gasteiger partial charge is 0.495 e. The number of ether oxygens (including phenoxy) is 1. The first-order valence-electron chi connectivity index (χ1n) is 4.36. The van der Waals surface area contributed by atoms with Gasteiger partial charge in [0.05, 0.1) is 24.0 Å². The highest BCUT2D eigenvalue weighted by molar-refractivity contribution is 6.32. The summed E-state index contributed by atoms with van der Waals surface area (Å²) in [5, 5.41) is 4.61. The molecule has 2 N–H and O–H groups in total. The van der Waals surface area contributed by atoms with E-state index in [1.807, 2.05) is 6.07 Å². The van der Waals surface area contributed by atoms with Gasteiger partial charge in [-0.1, -0.05) is 11.6 Å². The van der Waals surface area contributed by atoms with Crippen molar-refractivity contribution in [3.63, 3.8) is 0 Å². The molecule has 0 spiro atoms. The summed E-state index contributed by atoms with van der Waals surface area (Å²) in [5.41, 5.74) is 6.53. The molecule has 0 fully saturated rings. The van der Waals surface area contributed by atoms with Crippen LogP contribution in [-0.4, -0.2) is 16.9 Å².